The summed E-state index contributed by atoms with van der Waals surface area (Å²) in [5, 5.41) is 20.6. The number of aromatic nitrogens is 2. The summed E-state index contributed by atoms with van der Waals surface area (Å²) in [5.41, 5.74) is -1.17. The number of alkyl halides is 3. The van der Waals surface area contributed by atoms with E-state index in [2.05, 4.69) is 9.97 Å². The van der Waals surface area contributed by atoms with Crippen LogP contribution in [0.5, 0.6) is 5.88 Å². The number of likely N-dealkylation sites (N-methyl/N-ethyl adjacent to an activating group) is 1. The molecule has 1 aromatic rings. The molecule has 9 heteroatoms. The van der Waals surface area contributed by atoms with Crippen molar-refractivity contribution in [1.29, 1.82) is 0 Å². The Balaban J connectivity index is 2.11. The van der Waals surface area contributed by atoms with Gasteiger partial charge in [-0.2, -0.15) is 13.2 Å². The molecule has 1 saturated heterocycles. The highest BCUT2D eigenvalue weighted by Gasteiger charge is 2.42. The van der Waals surface area contributed by atoms with E-state index in [1.54, 1.807) is 7.05 Å². The Labute approximate surface area is 138 Å². The Kier molecular flexibility index (Phi) is 5.67. The standard InChI is InChI=1S/C15H22F3N3O3/c1-8(2)4-9-13(22)14(23)10(7-21(9)3)24-12-6-19-5-11(20-12)15(16,17)18/h5-6,8-10,13-14,22-23H,4,7H2,1-3H3/t9-,10?,13+,14-/m1/s1. The topological polar surface area (TPSA) is 78.7 Å². The molecule has 0 aromatic carbocycles. The summed E-state index contributed by atoms with van der Waals surface area (Å²) in [4.78, 5) is 8.67. The van der Waals surface area contributed by atoms with Crippen molar-refractivity contribution in [1.82, 2.24) is 14.9 Å². The highest BCUT2D eigenvalue weighted by Crippen LogP contribution is 2.29. The zero-order valence-corrected chi connectivity index (χ0v) is 13.7. The third-order valence-electron chi connectivity index (χ3n) is 4.05. The lowest BCUT2D eigenvalue weighted by atomic mass is 9.89. The summed E-state index contributed by atoms with van der Waals surface area (Å²) in [6.45, 7) is 4.27. The number of aliphatic hydroxyl groups excluding tert-OH is 2. The fourth-order valence-electron chi connectivity index (χ4n) is 2.84. The van der Waals surface area contributed by atoms with Crippen molar-refractivity contribution >= 4 is 0 Å². The molecule has 136 valence electrons. The largest absolute Gasteiger partial charge is 0.469 e. The van der Waals surface area contributed by atoms with Gasteiger partial charge in [0.25, 0.3) is 0 Å². The quantitative estimate of drug-likeness (QED) is 0.854. The molecular weight excluding hydrogens is 327 g/mol. The zero-order chi connectivity index (χ0) is 18.1. The van der Waals surface area contributed by atoms with Gasteiger partial charge in [-0.1, -0.05) is 13.8 Å². The van der Waals surface area contributed by atoms with E-state index in [4.69, 9.17) is 4.74 Å². The third kappa shape index (κ3) is 4.34. The molecule has 1 aliphatic heterocycles. The van der Waals surface area contributed by atoms with Gasteiger partial charge in [-0.15, -0.1) is 0 Å². The lowest BCUT2D eigenvalue weighted by Crippen LogP contribution is -2.61. The van der Waals surface area contributed by atoms with Crippen LogP contribution in [0, 0.1) is 5.92 Å². The molecule has 0 saturated carbocycles. The summed E-state index contributed by atoms with van der Waals surface area (Å²) in [7, 11) is 1.77. The molecule has 0 spiro atoms. The molecule has 24 heavy (non-hydrogen) atoms. The van der Waals surface area contributed by atoms with E-state index in [1.807, 2.05) is 18.7 Å². The molecule has 6 nitrogen and oxygen atoms in total. The molecule has 1 aromatic heterocycles. The maximum Gasteiger partial charge on any atom is 0.435 e. The summed E-state index contributed by atoms with van der Waals surface area (Å²) in [6.07, 6.45) is -5.47. The number of piperidine rings is 1. The Morgan fingerprint density at radius 3 is 2.54 bits per heavy atom. The van der Waals surface area contributed by atoms with Crippen LogP contribution in [0.2, 0.25) is 0 Å². The van der Waals surface area contributed by atoms with Gasteiger partial charge in [0.05, 0.1) is 18.5 Å². The minimum Gasteiger partial charge on any atom is -0.469 e. The minimum atomic E-state index is -4.63. The molecule has 1 aliphatic rings. The number of hydrogen-bond acceptors (Lipinski definition) is 6. The van der Waals surface area contributed by atoms with Crippen LogP contribution in [0.4, 0.5) is 13.2 Å². The number of aliphatic hydroxyl groups is 2. The van der Waals surface area contributed by atoms with Crippen LogP contribution < -0.4 is 4.74 Å². The molecule has 4 atom stereocenters. The van der Waals surface area contributed by atoms with Crippen LogP contribution in [-0.4, -0.2) is 63.0 Å². The summed E-state index contributed by atoms with van der Waals surface area (Å²) in [6, 6.07) is -0.243. The predicted molar refractivity (Wildman–Crippen MR) is 79.3 cm³/mol. The number of hydrogen-bond donors (Lipinski definition) is 2. The third-order valence-corrected chi connectivity index (χ3v) is 4.05. The SMILES string of the molecule is CC(C)C[C@@H]1[C@H](O)[C@H](O)C(Oc2cncc(C(F)(F)F)n2)CN1C. The number of nitrogens with zero attached hydrogens (tertiary/aromatic N) is 3. The molecule has 2 rings (SSSR count). The molecule has 2 heterocycles. The maximum atomic E-state index is 12.7. The van der Waals surface area contributed by atoms with Gasteiger partial charge in [-0.05, 0) is 19.4 Å². The molecule has 1 fully saturated rings. The van der Waals surface area contributed by atoms with Crippen LogP contribution in [0.15, 0.2) is 12.4 Å². The molecule has 2 N–H and O–H groups in total. The zero-order valence-electron chi connectivity index (χ0n) is 13.7. The maximum absolute atomic E-state index is 12.7. The van der Waals surface area contributed by atoms with E-state index >= 15 is 0 Å². The number of rotatable bonds is 4. The highest BCUT2D eigenvalue weighted by molar-refractivity contribution is 5.12. The summed E-state index contributed by atoms with van der Waals surface area (Å²) >= 11 is 0. The van der Waals surface area contributed by atoms with Crippen LogP contribution in [0.25, 0.3) is 0 Å². The van der Waals surface area contributed by atoms with Gasteiger partial charge in [0.1, 0.15) is 12.2 Å². The van der Waals surface area contributed by atoms with Crippen molar-refractivity contribution in [2.45, 2.75) is 50.8 Å². The predicted octanol–water partition coefficient (Wildman–Crippen LogP) is 1.32. The van der Waals surface area contributed by atoms with Crippen LogP contribution in [0.3, 0.4) is 0 Å². The van der Waals surface area contributed by atoms with E-state index in [9.17, 15) is 23.4 Å². The number of ether oxygens (including phenoxy) is 1. The highest BCUT2D eigenvalue weighted by atomic mass is 19.4. The lowest BCUT2D eigenvalue weighted by molar-refractivity contribution is -0.143. The van der Waals surface area contributed by atoms with Crippen molar-refractivity contribution in [2.75, 3.05) is 13.6 Å². The molecule has 0 amide bonds. The first-order valence-electron chi connectivity index (χ1n) is 7.72. The molecule has 0 aliphatic carbocycles. The van der Waals surface area contributed by atoms with Crippen LogP contribution in [0.1, 0.15) is 26.0 Å². The van der Waals surface area contributed by atoms with E-state index in [1.165, 1.54) is 0 Å². The van der Waals surface area contributed by atoms with Gasteiger partial charge < -0.3 is 14.9 Å². The van der Waals surface area contributed by atoms with Crippen LogP contribution in [-0.2, 0) is 6.18 Å². The first-order chi connectivity index (χ1) is 11.1. The van der Waals surface area contributed by atoms with Gasteiger partial charge >= 0.3 is 6.18 Å². The van der Waals surface area contributed by atoms with Crippen molar-refractivity contribution in [3.05, 3.63) is 18.1 Å². The number of likely N-dealkylation sites (tertiary alicyclic amines) is 1. The smallest absolute Gasteiger partial charge is 0.435 e. The molecular formula is C15H22F3N3O3. The normalized spacial score (nSPS) is 29.0. The average Bonchev–Trinajstić information content (AvgIpc) is 2.48. The van der Waals surface area contributed by atoms with Crippen molar-refractivity contribution in [2.24, 2.45) is 5.92 Å². The van der Waals surface area contributed by atoms with E-state index in [0.717, 1.165) is 6.20 Å². The Morgan fingerprint density at radius 1 is 1.29 bits per heavy atom. The summed E-state index contributed by atoms with van der Waals surface area (Å²) in [5.74, 6) is -0.0112. The van der Waals surface area contributed by atoms with Gasteiger partial charge in [-0.3, -0.25) is 9.88 Å². The van der Waals surface area contributed by atoms with E-state index < -0.39 is 30.2 Å². The second-order valence-corrected chi connectivity index (χ2v) is 6.51. The van der Waals surface area contributed by atoms with Crippen molar-refractivity contribution < 1.29 is 28.1 Å². The lowest BCUT2D eigenvalue weighted by Gasteiger charge is -2.44. The number of halogens is 3. The fraction of sp³-hybridized carbons (Fsp3) is 0.733. The van der Waals surface area contributed by atoms with Gasteiger partial charge in [0.15, 0.2) is 5.69 Å². The molecule has 1 unspecified atom stereocenters. The average molecular weight is 349 g/mol. The minimum absolute atomic E-state index is 0.243. The monoisotopic (exact) mass is 349 g/mol. The second kappa shape index (κ2) is 7.20. The summed E-state index contributed by atoms with van der Waals surface area (Å²) < 4.78 is 43.4. The first kappa shape index (κ1) is 18.9. The van der Waals surface area contributed by atoms with Gasteiger partial charge in [0, 0.05) is 12.6 Å². The Morgan fingerprint density at radius 2 is 1.96 bits per heavy atom. The van der Waals surface area contributed by atoms with Crippen molar-refractivity contribution in [3.8, 4) is 5.88 Å². The van der Waals surface area contributed by atoms with E-state index in [0.29, 0.717) is 18.5 Å². The van der Waals surface area contributed by atoms with Gasteiger partial charge in [-0.25, -0.2) is 4.98 Å². The Hall–Kier alpha value is -1.45. The fourth-order valence-corrected chi connectivity index (χ4v) is 2.84. The first-order valence-corrected chi connectivity index (χ1v) is 7.72. The molecule has 0 bridgehead atoms. The van der Waals surface area contributed by atoms with Crippen molar-refractivity contribution in [3.63, 3.8) is 0 Å². The van der Waals surface area contributed by atoms with Crippen LogP contribution >= 0.6 is 0 Å². The second-order valence-electron chi connectivity index (χ2n) is 6.51. The van der Waals surface area contributed by atoms with Gasteiger partial charge in [0.2, 0.25) is 5.88 Å². The van der Waals surface area contributed by atoms with E-state index in [-0.39, 0.29) is 18.5 Å². The Bertz CT molecular complexity index is 556. The molecule has 0 radical (unpaired) electrons.